The minimum Gasteiger partial charge on any atom is -0.265 e. The molecule has 0 saturated carbocycles. The van der Waals surface area contributed by atoms with Gasteiger partial charge in [0.05, 0.1) is 0 Å². The van der Waals surface area contributed by atoms with Gasteiger partial charge in [0.25, 0.3) is 0 Å². The minimum absolute atomic E-state index is 1.19. The van der Waals surface area contributed by atoms with Gasteiger partial charge in [-0.2, -0.15) is 0 Å². The lowest BCUT2D eigenvalue weighted by Crippen LogP contribution is -1.84. The summed E-state index contributed by atoms with van der Waals surface area (Å²) in [4.78, 5) is 4.14. The van der Waals surface area contributed by atoms with E-state index in [9.17, 15) is 0 Å². The fourth-order valence-corrected chi connectivity index (χ4v) is 4.41. The van der Waals surface area contributed by atoms with E-state index in [-0.39, 0.29) is 0 Å². The van der Waals surface area contributed by atoms with Crippen molar-refractivity contribution in [2.75, 3.05) is 0 Å². The third-order valence-corrected chi connectivity index (χ3v) is 5.69. The van der Waals surface area contributed by atoms with Crippen LogP contribution in [0.2, 0.25) is 0 Å². The highest BCUT2D eigenvalue weighted by atomic mass is 14.6. The first kappa shape index (κ1) is 15.4. The lowest BCUT2D eigenvalue weighted by atomic mass is 9.94. The second-order valence-electron chi connectivity index (χ2n) is 7.29. The number of pyridine rings is 1. The monoisotopic (exact) mass is 355 g/mol. The summed E-state index contributed by atoms with van der Waals surface area (Å²) < 4.78 is 0. The van der Waals surface area contributed by atoms with Crippen molar-refractivity contribution in [2.45, 2.75) is 0 Å². The molecule has 6 rings (SSSR count). The van der Waals surface area contributed by atoms with Crippen LogP contribution in [0.1, 0.15) is 0 Å². The van der Waals surface area contributed by atoms with Crippen LogP contribution in [0.25, 0.3) is 55.3 Å². The smallest absolute Gasteiger partial charge is 0.0273 e. The number of nitrogens with zero attached hydrogens (tertiary/aromatic N) is 1. The Morgan fingerprint density at radius 3 is 1.93 bits per heavy atom. The first-order valence-electron chi connectivity index (χ1n) is 9.56. The first-order valence-corrected chi connectivity index (χ1v) is 9.56. The van der Waals surface area contributed by atoms with Gasteiger partial charge in [-0.05, 0) is 85.6 Å². The maximum Gasteiger partial charge on any atom is 0.0273 e. The second kappa shape index (κ2) is 5.90. The molecule has 0 bridgehead atoms. The summed E-state index contributed by atoms with van der Waals surface area (Å²) >= 11 is 0. The molecule has 0 spiro atoms. The van der Waals surface area contributed by atoms with Gasteiger partial charge >= 0.3 is 0 Å². The SMILES string of the molecule is c1cc(-c2ccncc2)cc(-c2cc3c4c(cccc4c2)-c2ccccc2-3)c1. The van der Waals surface area contributed by atoms with E-state index in [2.05, 4.69) is 96.0 Å². The van der Waals surface area contributed by atoms with Crippen LogP contribution in [-0.2, 0) is 0 Å². The van der Waals surface area contributed by atoms with Gasteiger partial charge in [0, 0.05) is 12.4 Å². The van der Waals surface area contributed by atoms with Gasteiger partial charge in [0.2, 0.25) is 0 Å². The summed E-state index contributed by atoms with van der Waals surface area (Å²) in [6.45, 7) is 0. The number of aromatic nitrogens is 1. The Hall–Kier alpha value is -3.71. The molecule has 1 nitrogen and oxygen atoms in total. The molecule has 0 radical (unpaired) electrons. The number of benzene rings is 4. The van der Waals surface area contributed by atoms with Crippen molar-refractivity contribution in [1.82, 2.24) is 4.98 Å². The van der Waals surface area contributed by atoms with Crippen molar-refractivity contribution >= 4 is 10.8 Å². The average molecular weight is 355 g/mol. The van der Waals surface area contributed by atoms with E-state index < -0.39 is 0 Å². The summed E-state index contributed by atoms with van der Waals surface area (Å²) in [7, 11) is 0. The van der Waals surface area contributed by atoms with Crippen molar-refractivity contribution in [3.63, 3.8) is 0 Å². The summed E-state index contributed by atoms with van der Waals surface area (Å²) in [5.41, 5.74) is 10.3. The fraction of sp³-hybridized carbons (Fsp3) is 0. The Balaban J connectivity index is 1.58. The van der Waals surface area contributed by atoms with Crippen LogP contribution in [0.5, 0.6) is 0 Å². The van der Waals surface area contributed by atoms with Crippen molar-refractivity contribution in [3.05, 3.63) is 103 Å². The Morgan fingerprint density at radius 2 is 1.11 bits per heavy atom. The van der Waals surface area contributed by atoms with E-state index in [0.717, 1.165) is 0 Å². The molecule has 5 aromatic rings. The Bertz CT molecular complexity index is 1350. The van der Waals surface area contributed by atoms with E-state index in [1.54, 1.807) is 0 Å². The molecule has 1 aromatic heterocycles. The molecular formula is C27H17N. The molecule has 1 heteroatoms. The van der Waals surface area contributed by atoms with Gasteiger partial charge in [-0.3, -0.25) is 4.98 Å². The predicted octanol–water partition coefficient (Wildman–Crippen LogP) is 7.22. The third kappa shape index (κ3) is 2.23. The minimum atomic E-state index is 1.19. The number of fused-ring (bicyclic) bond motifs is 3. The van der Waals surface area contributed by atoms with Crippen molar-refractivity contribution in [2.24, 2.45) is 0 Å². The summed E-state index contributed by atoms with van der Waals surface area (Å²) in [5, 5.41) is 2.67. The Labute approximate surface area is 163 Å². The van der Waals surface area contributed by atoms with Crippen LogP contribution in [0.3, 0.4) is 0 Å². The van der Waals surface area contributed by atoms with Crippen molar-refractivity contribution in [3.8, 4) is 44.5 Å². The fourth-order valence-electron chi connectivity index (χ4n) is 4.41. The lowest BCUT2D eigenvalue weighted by molar-refractivity contribution is 1.33. The zero-order valence-electron chi connectivity index (χ0n) is 15.3. The number of hydrogen-bond acceptors (Lipinski definition) is 1. The maximum atomic E-state index is 4.14. The van der Waals surface area contributed by atoms with Gasteiger partial charge in [0.15, 0.2) is 0 Å². The number of hydrogen-bond donors (Lipinski definition) is 0. The standard InChI is InChI=1S/C27H17N/c1-2-9-24-23(8-1)25-10-4-7-21-16-22(17-26(24)27(21)25)20-6-3-5-19(15-20)18-11-13-28-14-12-18/h1-17H. The molecule has 0 aliphatic heterocycles. The average Bonchev–Trinajstić information content (AvgIpc) is 3.10. The highest BCUT2D eigenvalue weighted by Crippen LogP contribution is 2.48. The summed E-state index contributed by atoms with van der Waals surface area (Å²) in [5.74, 6) is 0. The molecule has 0 fully saturated rings. The molecule has 1 aliphatic carbocycles. The van der Waals surface area contributed by atoms with Gasteiger partial charge in [0.1, 0.15) is 0 Å². The molecule has 0 N–H and O–H groups in total. The van der Waals surface area contributed by atoms with Crippen LogP contribution >= 0.6 is 0 Å². The van der Waals surface area contributed by atoms with Crippen LogP contribution in [0.4, 0.5) is 0 Å². The molecule has 0 amide bonds. The van der Waals surface area contributed by atoms with E-state index in [1.807, 2.05) is 12.4 Å². The molecule has 1 aliphatic rings. The van der Waals surface area contributed by atoms with Gasteiger partial charge in [-0.1, -0.05) is 60.7 Å². The zero-order chi connectivity index (χ0) is 18.5. The van der Waals surface area contributed by atoms with E-state index in [4.69, 9.17) is 0 Å². The van der Waals surface area contributed by atoms with Crippen LogP contribution < -0.4 is 0 Å². The van der Waals surface area contributed by atoms with Crippen LogP contribution in [0.15, 0.2) is 103 Å². The molecule has 0 unspecified atom stereocenters. The Kier molecular flexibility index (Phi) is 3.24. The highest BCUT2D eigenvalue weighted by Gasteiger charge is 2.21. The zero-order valence-corrected chi connectivity index (χ0v) is 15.3. The molecule has 4 aromatic carbocycles. The molecule has 0 atom stereocenters. The number of rotatable bonds is 2. The molecule has 28 heavy (non-hydrogen) atoms. The normalized spacial score (nSPS) is 11.6. The van der Waals surface area contributed by atoms with E-state index in [0.29, 0.717) is 0 Å². The quantitative estimate of drug-likeness (QED) is 0.319. The predicted molar refractivity (Wildman–Crippen MR) is 117 cm³/mol. The van der Waals surface area contributed by atoms with E-state index in [1.165, 1.54) is 55.3 Å². The van der Waals surface area contributed by atoms with Crippen LogP contribution in [0, 0.1) is 0 Å². The second-order valence-corrected chi connectivity index (χ2v) is 7.29. The first-order chi connectivity index (χ1) is 13.9. The van der Waals surface area contributed by atoms with Gasteiger partial charge < -0.3 is 0 Å². The molecule has 0 saturated heterocycles. The molecule has 1 heterocycles. The maximum absolute atomic E-state index is 4.14. The van der Waals surface area contributed by atoms with Gasteiger partial charge in [-0.15, -0.1) is 0 Å². The molecule has 130 valence electrons. The lowest BCUT2D eigenvalue weighted by Gasteiger charge is -2.10. The Morgan fingerprint density at radius 1 is 0.429 bits per heavy atom. The summed E-state index contributed by atoms with van der Waals surface area (Å²) in [6, 6.07) is 32.9. The third-order valence-electron chi connectivity index (χ3n) is 5.69. The van der Waals surface area contributed by atoms with E-state index >= 15 is 0 Å². The topological polar surface area (TPSA) is 12.9 Å². The largest absolute Gasteiger partial charge is 0.265 e. The van der Waals surface area contributed by atoms with Crippen LogP contribution in [-0.4, -0.2) is 4.98 Å². The van der Waals surface area contributed by atoms with Gasteiger partial charge in [-0.25, -0.2) is 0 Å². The highest BCUT2D eigenvalue weighted by molar-refractivity contribution is 6.16. The summed E-state index contributed by atoms with van der Waals surface area (Å²) in [6.07, 6.45) is 3.69. The van der Waals surface area contributed by atoms with Crippen molar-refractivity contribution < 1.29 is 0 Å². The molecular weight excluding hydrogens is 338 g/mol. The van der Waals surface area contributed by atoms with Crippen molar-refractivity contribution in [1.29, 1.82) is 0 Å².